The molecular formula is C22H24N2O4. The van der Waals surface area contributed by atoms with Crippen LogP contribution in [0.4, 0.5) is 5.69 Å². The van der Waals surface area contributed by atoms with Gasteiger partial charge in [0.2, 0.25) is 12.7 Å². The fraction of sp³-hybridized carbons (Fsp3) is 0.409. The molecule has 0 spiro atoms. The highest BCUT2D eigenvalue weighted by Gasteiger charge is 2.48. The van der Waals surface area contributed by atoms with Crippen molar-refractivity contribution < 1.29 is 19.4 Å². The summed E-state index contributed by atoms with van der Waals surface area (Å²) >= 11 is 0. The van der Waals surface area contributed by atoms with Gasteiger partial charge in [-0.3, -0.25) is 9.69 Å². The molecule has 5 rings (SSSR count). The van der Waals surface area contributed by atoms with Gasteiger partial charge in [-0.15, -0.1) is 0 Å². The third-order valence-electron chi connectivity index (χ3n) is 6.21. The van der Waals surface area contributed by atoms with Gasteiger partial charge in [-0.2, -0.15) is 0 Å². The van der Waals surface area contributed by atoms with E-state index in [0.29, 0.717) is 36.6 Å². The lowest BCUT2D eigenvalue weighted by Crippen LogP contribution is -2.51. The number of benzene rings is 2. The third-order valence-corrected chi connectivity index (χ3v) is 6.21. The van der Waals surface area contributed by atoms with Gasteiger partial charge in [0.1, 0.15) is 0 Å². The second-order valence-electron chi connectivity index (χ2n) is 7.98. The van der Waals surface area contributed by atoms with Crippen molar-refractivity contribution in [2.45, 2.75) is 43.4 Å². The smallest absolute Gasteiger partial charge is 0.238 e. The summed E-state index contributed by atoms with van der Waals surface area (Å²) in [5, 5.41) is 14.2. The molecule has 2 N–H and O–H groups in total. The lowest BCUT2D eigenvalue weighted by Gasteiger charge is -2.43. The molecule has 2 atom stereocenters. The number of anilines is 1. The molecule has 3 heterocycles. The Bertz CT molecular complexity index is 871. The summed E-state index contributed by atoms with van der Waals surface area (Å²) in [6.07, 6.45) is 3.39. The summed E-state index contributed by atoms with van der Waals surface area (Å²) in [4.78, 5) is 14.9. The number of aliphatic hydroxyl groups is 1. The Morgan fingerprint density at radius 1 is 1.07 bits per heavy atom. The summed E-state index contributed by atoms with van der Waals surface area (Å²) in [5.41, 5.74) is 0.896. The van der Waals surface area contributed by atoms with Crippen molar-refractivity contribution in [2.75, 3.05) is 18.7 Å². The Morgan fingerprint density at radius 3 is 2.54 bits per heavy atom. The van der Waals surface area contributed by atoms with E-state index in [9.17, 15) is 9.90 Å². The SMILES string of the molecule is O=C(CN1C2CCC1CC(O)(c1ccccc1)C2)Nc1ccc2c(c1)OCO2. The van der Waals surface area contributed by atoms with Gasteiger partial charge >= 0.3 is 0 Å². The average molecular weight is 380 g/mol. The predicted molar refractivity (Wildman–Crippen MR) is 104 cm³/mol. The Morgan fingerprint density at radius 2 is 1.79 bits per heavy atom. The summed E-state index contributed by atoms with van der Waals surface area (Å²) in [6.45, 7) is 0.558. The molecule has 1 amide bonds. The minimum absolute atomic E-state index is 0.0408. The van der Waals surface area contributed by atoms with Gasteiger partial charge in [0, 0.05) is 23.8 Å². The first-order chi connectivity index (χ1) is 13.6. The predicted octanol–water partition coefficient (Wildman–Crippen LogP) is 2.87. The standard InChI is InChI=1S/C22H24N2O4/c25-21(23-16-6-9-19-20(10-16)28-14-27-19)13-24-17-7-8-18(24)12-22(26,11-17)15-4-2-1-3-5-15/h1-6,9-10,17-18,26H,7-8,11-14H2,(H,23,25). The van der Waals surface area contributed by atoms with Crippen LogP contribution in [-0.2, 0) is 10.4 Å². The molecule has 2 aromatic rings. The van der Waals surface area contributed by atoms with Gasteiger partial charge in [-0.25, -0.2) is 0 Å². The molecule has 2 aromatic carbocycles. The van der Waals surface area contributed by atoms with Crippen LogP contribution < -0.4 is 14.8 Å². The first-order valence-electron chi connectivity index (χ1n) is 9.84. The Balaban J connectivity index is 1.25. The number of ether oxygens (including phenoxy) is 2. The van der Waals surface area contributed by atoms with Crippen LogP contribution in [0.2, 0.25) is 0 Å². The molecule has 3 aliphatic rings. The monoisotopic (exact) mass is 380 g/mol. The van der Waals surface area contributed by atoms with E-state index < -0.39 is 5.60 Å². The van der Waals surface area contributed by atoms with Crippen LogP contribution in [0, 0.1) is 0 Å². The zero-order valence-corrected chi connectivity index (χ0v) is 15.6. The molecule has 6 heteroatoms. The van der Waals surface area contributed by atoms with Crippen molar-refractivity contribution in [3.63, 3.8) is 0 Å². The van der Waals surface area contributed by atoms with Gasteiger partial charge in [-0.1, -0.05) is 30.3 Å². The molecule has 3 aliphatic heterocycles. The molecule has 0 radical (unpaired) electrons. The topological polar surface area (TPSA) is 71.0 Å². The van der Waals surface area contributed by atoms with Gasteiger partial charge in [0.05, 0.1) is 12.1 Å². The normalized spacial score (nSPS) is 28.3. The molecule has 0 saturated carbocycles. The van der Waals surface area contributed by atoms with E-state index in [1.54, 1.807) is 6.07 Å². The Kier molecular flexibility index (Phi) is 4.25. The second kappa shape index (κ2) is 6.79. The minimum atomic E-state index is -0.794. The first kappa shape index (κ1) is 17.5. The Hall–Kier alpha value is -2.57. The first-order valence-corrected chi connectivity index (χ1v) is 9.84. The Labute approximate surface area is 164 Å². The molecule has 0 aromatic heterocycles. The van der Waals surface area contributed by atoms with Crippen LogP contribution in [-0.4, -0.2) is 41.3 Å². The number of hydrogen-bond donors (Lipinski definition) is 2. The van der Waals surface area contributed by atoms with Crippen molar-refractivity contribution >= 4 is 11.6 Å². The zero-order chi connectivity index (χ0) is 19.1. The number of carbonyl (C=O) groups is 1. The van der Waals surface area contributed by atoms with Gasteiger partial charge in [-0.05, 0) is 43.4 Å². The molecule has 0 aliphatic carbocycles. The van der Waals surface area contributed by atoms with Gasteiger partial charge in [0.15, 0.2) is 11.5 Å². The molecular weight excluding hydrogens is 356 g/mol. The summed E-state index contributed by atoms with van der Waals surface area (Å²) in [7, 11) is 0. The molecule has 28 heavy (non-hydrogen) atoms. The molecule has 146 valence electrons. The number of amides is 1. The summed E-state index contributed by atoms with van der Waals surface area (Å²) in [5.74, 6) is 1.32. The molecule has 2 unspecified atom stereocenters. The highest BCUT2D eigenvalue weighted by Crippen LogP contribution is 2.45. The fourth-order valence-electron chi connectivity index (χ4n) is 4.90. The zero-order valence-electron chi connectivity index (χ0n) is 15.6. The largest absolute Gasteiger partial charge is 0.454 e. The molecule has 2 bridgehead atoms. The third kappa shape index (κ3) is 3.12. The van der Waals surface area contributed by atoms with Crippen LogP contribution in [0.3, 0.4) is 0 Å². The van der Waals surface area contributed by atoms with E-state index in [4.69, 9.17) is 9.47 Å². The second-order valence-corrected chi connectivity index (χ2v) is 7.98. The number of hydrogen-bond acceptors (Lipinski definition) is 5. The molecule has 2 fully saturated rings. The highest BCUT2D eigenvalue weighted by molar-refractivity contribution is 5.92. The number of fused-ring (bicyclic) bond motifs is 3. The van der Waals surface area contributed by atoms with Crippen LogP contribution in [0.15, 0.2) is 48.5 Å². The number of nitrogens with zero attached hydrogens (tertiary/aromatic N) is 1. The quantitative estimate of drug-likeness (QED) is 0.854. The van der Waals surface area contributed by atoms with Crippen molar-refractivity contribution in [3.05, 3.63) is 54.1 Å². The van der Waals surface area contributed by atoms with Crippen molar-refractivity contribution in [3.8, 4) is 11.5 Å². The number of rotatable bonds is 4. The minimum Gasteiger partial charge on any atom is -0.454 e. The fourth-order valence-corrected chi connectivity index (χ4v) is 4.90. The van der Waals surface area contributed by atoms with Gasteiger partial charge < -0.3 is 19.9 Å². The van der Waals surface area contributed by atoms with Crippen LogP contribution in [0.5, 0.6) is 11.5 Å². The van der Waals surface area contributed by atoms with Crippen LogP contribution in [0.1, 0.15) is 31.2 Å². The lowest BCUT2D eigenvalue weighted by molar-refractivity contribution is -0.121. The van der Waals surface area contributed by atoms with Crippen molar-refractivity contribution in [1.29, 1.82) is 0 Å². The average Bonchev–Trinajstić information content (AvgIpc) is 3.25. The van der Waals surface area contributed by atoms with Crippen molar-refractivity contribution in [1.82, 2.24) is 4.90 Å². The van der Waals surface area contributed by atoms with E-state index in [1.807, 2.05) is 42.5 Å². The van der Waals surface area contributed by atoms with E-state index in [-0.39, 0.29) is 24.8 Å². The number of carbonyl (C=O) groups excluding carboxylic acids is 1. The maximum absolute atomic E-state index is 12.6. The van der Waals surface area contributed by atoms with Gasteiger partial charge in [0.25, 0.3) is 0 Å². The highest BCUT2D eigenvalue weighted by atomic mass is 16.7. The molecule has 2 saturated heterocycles. The maximum atomic E-state index is 12.6. The van der Waals surface area contributed by atoms with E-state index in [1.165, 1.54) is 0 Å². The van der Waals surface area contributed by atoms with E-state index >= 15 is 0 Å². The van der Waals surface area contributed by atoms with E-state index in [2.05, 4.69) is 10.2 Å². The van der Waals surface area contributed by atoms with Crippen molar-refractivity contribution in [2.24, 2.45) is 0 Å². The number of nitrogens with one attached hydrogen (secondary N) is 1. The summed E-state index contributed by atoms with van der Waals surface area (Å²) < 4.78 is 10.7. The van der Waals surface area contributed by atoms with Crippen LogP contribution >= 0.6 is 0 Å². The summed E-state index contributed by atoms with van der Waals surface area (Å²) in [6, 6.07) is 15.8. The maximum Gasteiger partial charge on any atom is 0.238 e. The lowest BCUT2D eigenvalue weighted by atomic mass is 9.80. The van der Waals surface area contributed by atoms with E-state index in [0.717, 1.165) is 18.4 Å². The van der Waals surface area contributed by atoms with Crippen LogP contribution in [0.25, 0.3) is 0 Å². The number of piperidine rings is 1. The molecule has 6 nitrogen and oxygen atoms in total.